The molecule has 0 saturated heterocycles. The largest absolute Gasteiger partial charge is 0.310 e. The van der Waals surface area contributed by atoms with Crippen molar-refractivity contribution in [2.24, 2.45) is 0 Å². The lowest BCUT2D eigenvalue weighted by atomic mass is 9.86. The Balaban J connectivity index is 0.986. The summed E-state index contributed by atoms with van der Waals surface area (Å²) in [6, 6.07) is 93.3. The lowest BCUT2D eigenvalue weighted by Gasteiger charge is -2.26. The fourth-order valence-corrected chi connectivity index (χ4v) is 10.6. The van der Waals surface area contributed by atoms with Crippen molar-refractivity contribution in [3.8, 4) is 39.1 Å². The van der Waals surface area contributed by atoms with Crippen LogP contribution in [0.2, 0.25) is 0 Å². The van der Waals surface area contributed by atoms with Crippen LogP contribution >= 0.6 is 0 Å². The van der Waals surface area contributed by atoms with Gasteiger partial charge in [0, 0.05) is 33.5 Å². The lowest BCUT2D eigenvalue weighted by Crippen LogP contribution is -2.10. The van der Waals surface area contributed by atoms with Gasteiger partial charge < -0.3 is 9.47 Å². The van der Waals surface area contributed by atoms with Crippen molar-refractivity contribution in [1.29, 1.82) is 0 Å². The van der Waals surface area contributed by atoms with Gasteiger partial charge in [-0.05, 0) is 143 Å². The van der Waals surface area contributed by atoms with E-state index >= 15 is 0 Å². The van der Waals surface area contributed by atoms with E-state index in [1.165, 1.54) is 98.3 Å². The van der Waals surface area contributed by atoms with Gasteiger partial charge in [0.05, 0.1) is 11.0 Å². The minimum absolute atomic E-state index is 1.09. The van der Waals surface area contributed by atoms with Crippen LogP contribution in [0.1, 0.15) is 0 Å². The predicted molar refractivity (Wildman–Crippen MR) is 282 cm³/mol. The van der Waals surface area contributed by atoms with Crippen molar-refractivity contribution < 1.29 is 0 Å². The molecule has 308 valence electrons. The molecule has 1 heterocycles. The maximum Gasteiger partial charge on any atom is 0.0542 e. The number of rotatable bonds is 7. The molecule has 0 N–H and O–H groups in total. The summed E-state index contributed by atoms with van der Waals surface area (Å²) in [5.41, 5.74) is 14.2. The molecule has 0 aliphatic heterocycles. The Morgan fingerprint density at radius 2 is 0.742 bits per heavy atom. The molecule has 0 radical (unpaired) electrons. The third kappa shape index (κ3) is 6.18. The van der Waals surface area contributed by atoms with Crippen molar-refractivity contribution in [1.82, 2.24) is 4.57 Å². The van der Waals surface area contributed by atoms with Crippen LogP contribution in [0.3, 0.4) is 0 Å². The second-order valence-corrected chi connectivity index (χ2v) is 17.3. The van der Waals surface area contributed by atoms with Gasteiger partial charge in [0.25, 0.3) is 0 Å². The Morgan fingerprint density at radius 1 is 0.258 bits per heavy atom. The van der Waals surface area contributed by atoms with E-state index in [0.29, 0.717) is 0 Å². The van der Waals surface area contributed by atoms with Crippen LogP contribution in [0, 0.1) is 0 Å². The van der Waals surface area contributed by atoms with Crippen LogP contribution in [0.15, 0.2) is 255 Å². The minimum atomic E-state index is 1.09. The number of nitrogens with zero attached hydrogens (tertiary/aromatic N) is 2. The molecule has 2 heteroatoms. The molecule has 0 amide bonds. The van der Waals surface area contributed by atoms with Crippen LogP contribution in [-0.2, 0) is 0 Å². The van der Waals surface area contributed by atoms with Gasteiger partial charge in [-0.3, -0.25) is 0 Å². The lowest BCUT2D eigenvalue weighted by molar-refractivity contribution is 1.18. The zero-order valence-corrected chi connectivity index (χ0v) is 36.1. The highest BCUT2D eigenvalue weighted by Gasteiger charge is 2.20. The van der Waals surface area contributed by atoms with E-state index in [2.05, 4.69) is 264 Å². The summed E-state index contributed by atoms with van der Waals surface area (Å²) < 4.78 is 2.38. The normalized spacial score (nSPS) is 11.6. The SMILES string of the molecule is c1ccc(-c2c3ccccc3c(-c3ccc(N(c4ccc5cc(-c6cccc7ccccc67)ccc5c4)c4ccc5c(c4)c4ccccc4n5-c4ccccc4)cc3)c3ccccc23)cc1. The highest BCUT2D eigenvalue weighted by molar-refractivity contribution is 6.21. The van der Waals surface area contributed by atoms with E-state index in [9.17, 15) is 0 Å². The van der Waals surface area contributed by atoms with Gasteiger partial charge in [-0.25, -0.2) is 0 Å². The molecule has 0 aliphatic carbocycles. The maximum absolute atomic E-state index is 2.42. The molecule has 12 aromatic carbocycles. The third-order valence-electron chi connectivity index (χ3n) is 13.5. The first-order chi connectivity index (χ1) is 32.7. The molecule has 13 rings (SSSR count). The number of hydrogen-bond acceptors (Lipinski definition) is 1. The molecule has 66 heavy (non-hydrogen) atoms. The molecule has 13 aromatic rings. The summed E-state index contributed by atoms with van der Waals surface area (Å²) in [5.74, 6) is 0. The van der Waals surface area contributed by atoms with Crippen molar-refractivity contribution in [3.63, 3.8) is 0 Å². The highest BCUT2D eigenvalue weighted by atomic mass is 15.1. The summed E-state index contributed by atoms with van der Waals surface area (Å²) in [6.07, 6.45) is 0. The smallest absolute Gasteiger partial charge is 0.0542 e. The predicted octanol–water partition coefficient (Wildman–Crippen LogP) is 17.9. The van der Waals surface area contributed by atoms with Crippen molar-refractivity contribution >= 4 is 82.0 Å². The van der Waals surface area contributed by atoms with Crippen LogP contribution in [0.5, 0.6) is 0 Å². The summed E-state index contributed by atoms with van der Waals surface area (Å²) in [7, 11) is 0. The van der Waals surface area contributed by atoms with Crippen LogP contribution in [0.25, 0.3) is 104 Å². The first-order valence-electron chi connectivity index (χ1n) is 22.8. The topological polar surface area (TPSA) is 8.17 Å². The van der Waals surface area contributed by atoms with Crippen molar-refractivity contribution in [2.75, 3.05) is 4.90 Å². The van der Waals surface area contributed by atoms with Crippen LogP contribution in [0.4, 0.5) is 17.1 Å². The molecule has 0 atom stereocenters. The zero-order chi connectivity index (χ0) is 43.6. The zero-order valence-electron chi connectivity index (χ0n) is 36.1. The van der Waals surface area contributed by atoms with Gasteiger partial charge in [0.1, 0.15) is 0 Å². The molecule has 1 aromatic heterocycles. The number of aromatic nitrogens is 1. The van der Waals surface area contributed by atoms with E-state index in [-0.39, 0.29) is 0 Å². The standard InChI is InChI=1S/C64H42N2/c1-3-17-44(18-4-1)63-56-24-9-11-26-58(56)64(59-27-12-10-25-57(59)63)45-32-35-50(36-33-45)65(52-38-39-62-60(42-52)55-23-13-14-29-61(55)66(62)49-20-5-2-6-21-49)51-37-34-46-40-48(31-30-47(46)41-51)54-28-15-19-43-16-7-8-22-53(43)54/h1-42H. The van der Waals surface area contributed by atoms with Gasteiger partial charge in [-0.2, -0.15) is 0 Å². The summed E-state index contributed by atoms with van der Waals surface area (Å²) in [6.45, 7) is 0. The van der Waals surface area contributed by atoms with Crippen LogP contribution in [-0.4, -0.2) is 4.57 Å². The molecule has 2 nitrogen and oxygen atoms in total. The van der Waals surface area contributed by atoms with Gasteiger partial charge in [0.15, 0.2) is 0 Å². The Morgan fingerprint density at radius 3 is 1.45 bits per heavy atom. The minimum Gasteiger partial charge on any atom is -0.310 e. The molecule has 0 spiro atoms. The van der Waals surface area contributed by atoms with Gasteiger partial charge in [0.2, 0.25) is 0 Å². The third-order valence-corrected chi connectivity index (χ3v) is 13.5. The number of hydrogen-bond donors (Lipinski definition) is 0. The number of anilines is 3. The van der Waals surface area contributed by atoms with Crippen LogP contribution < -0.4 is 4.90 Å². The molecule has 0 bridgehead atoms. The Bertz CT molecular complexity index is 3920. The maximum atomic E-state index is 2.42. The average Bonchev–Trinajstić information content (AvgIpc) is 3.72. The van der Waals surface area contributed by atoms with E-state index < -0.39 is 0 Å². The molecule has 0 fully saturated rings. The average molecular weight is 839 g/mol. The molecule has 0 saturated carbocycles. The first kappa shape index (κ1) is 37.8. The van der Waals surface area contributed by atoms with E-state index in [0.717, 1.165) is 22.7 Å². The summed E-state index contributed by atoms with van der Waals surface area (Å²) >= 11 is 0. The molecule has 0 aliphatic rings. The van der Waals surface area contributed by atoms with Gasteiger partial charge in [-0.15, -0.1) is 0 Å². The summed E-state index contributed by atoms with van der Waals surface area (Å²) in [4.78, 5) is 2.42. The quantitative estimate of drug-likeness (QED) is 0.145. The van der Waals surface area contributed by atoms with Gasteiger partial charge >= 0.3 is 0 Å². The molecular weight excluding hydrogens is 797 g/mol. The van der Waals surface area contributed by atoms with Gasteiger partial charge in [-0.1, -0.05) is 188 Å². The van der Waals surface area contributed by atoms with E-state index in [4.69, 9.17) is 0 Å². The fourth-order valence-electron chi connectivity index (χ4n) is 10.6. The van der Waals surface area contributed by atoms with E-state index in [1.807, 2.05) is 0 Å². The molecule has 0 unspecified atom stereocenters. The highest BCUT2D eigenvalue weighted by Crippen LogP contribution is 2.46. The number of fused-ring (bicyclic) bond motifs is 7. The fraction of sp³-hybridized carbons (Fsp3) is 0. The van der Waals surface area contributed by atoms with E-state index in [1.54, 1.807) is 0 Å². The van der Waals surface area contributed by atoms with Crippen molar-refractivity contribution in [2.45, 2.75) is 0 Å². The monoisotopic (exact) mass is 838 g/mol. The second kappa shape index (κ2) is 15.5. The first-order valence-corrected chi connectivity index (χ1v) is 22.8. The Hall–Kier alpha value is -8.72. The second-order valence-electron chi connectivity index (χ2n) is 17.3. The Labute approximate surface area is 383 Å². The van der Waals surface area contributed by atoms with Crippen molar-refractivity contribution in [3.05, 3.63) is 255 Å². The number of benzene rings is 12. The Kier molecular flexibility index (Phi) is 8.89. The molecular formula is C64H42N2. The number of para-hydroxylation sites is 2. The summed E-state index contributed by atoms with van der Waals surface area (Å²) in [5, 5.41) is 12.4.